The Balaban J connectivity index is 1.95. The molecule has 2 rings (SSSR count). The molecule has 0 aliphatic rings. The van der Waals surface area contributed by atoms with Crippen LogP contribution >= 0.6 is 34.8 Å². The lowest BCUT2D eigenvalue weighted by atomic mass is 10.2. The first-order valence-electron chi connectivity index (χ1n) is 8.16. The van der Waals surface area contributed by atoms with Crippen LogP contribution in [0.2, 0.25) is 15.2 Å². The second-order valence-electron chi connectivity index (χ2n) is 5.83. The molecule has 0 saturated carbocycles. The highest BCUT2D eigenvalue weighted by molar-refractivity contribution is 6.46. The Morgan fingerprint density at radius 1 is 1.13 bits per heavy atom. The monoisotopic (exact) mass is 498 g/mol. The van der Waals surface area contributed by atoms with Gasteiger partial charge < -0.3 is 21.1 Å². The number of pyridine rings is 1. The number of nitrogens with one attached hydrogen (secondary N) is 2. The highest BCUT2D eigenvalue weighted by Crippen LogP contribution is 2.34. The molecule has 1 heterocycles. The quantitative estimate of drug-likeness (QED) is 0.318. The summed E-state index contributed by atoms with van der Waals surface area (Å²) in [6, 6.07) is 1.42. The minimum absolute atomic E-state index is 0.169. The zero-order valence-corrected chi connectivity index (χ0v) is 17.6. The van der Waals surface area contributed by atoms with E-state index in [0.29, 0.717) is 6.07 Å². The van der Waals surface area contributed by atoms with Gasteiger partial charge in [-0.15, -0.1) is 0 Å². The first-order chi connectivity index (χ1) is 14.4. The number of nitrogens with zero attached hydrogens (tertiary/aromatic N) is 1. The number of rotatable bonds is 6. The molecule has 0 bridgehead atoms. The minimum atomic E-state index is -1.77. The minimum Gasteiger partial charge on any atom is -0.448 e. The fourth-order valence-electron chi connectivity index (χ4n) is 2.06. The first-order valence-corrected chi connectivity index (χ1v) is 9.29. The number of carbonyl (C=O) groups is 3. The Labute approximate surface area is 187 Å². The lowest BCUT2D eigenvalue weighted by Crippen LogP contribution is -2.40. The molecule has 1 unspecified atom stereocenters. The number of nitrogens with two attached hydrogens (primary N) is 1. The van der Waals surface area contributed by atoms with E-state index in [1.54, 1.807) is 0 Å². The molecule has 14 heteroatoms. The van der Waals surface area contributed by atoms with Crippen molar-refractivity contribution in [2.24, 2.45) is 0 Å². The van der Waals surface area contributed by atoms with Crippen LogP contribution in [0.4, 0.5) is 24.5 Å². The van der Waals surface area contributed by atoms with E-state index in [0.717, 1.165) is 6.07 Å². The van der Waals surface area contributed by atoms with Gasteiger partial charge in [-0.2, -0.15) is 0 Å². The van der Waals surface area contributed by atoms with Crippen molar-refractivity contribution in [2.75, 3.05) is 17.6 Å². The van der Waals surface area contributed by atoms with Crippen LogP contribution < -0.4 is 16.4 Å². The van der Waals surface area contributed by atoms with Gasteiger partial charge >= 0.3 is 5.97 Å². The van der Waals surface area contributed by atoms with Crippen LogP contribution in [-0.4, -0.2) is 35.4 Å². The highest BCUT2D eigenvalue weighted by atomic mass is 35.5. The molecule has 1 aromatic heterocycles. The maximum atomic E-state index is 13.6. The van der Waals surface area contributed by atoms with Crippen molar-refractivity contribution in [3.63, 3.8) is 0 Å². The summed E-state index contributed by atoms with van der Waals surface area (Å²) in [6.45, 7) is 0.479. The lowest BCUT2D eigenvalue weighted by Gasteiger charge is -2.14. The van der Waals surface area contributed by atoms with E-state index >= 15 is 0 Å². The third kappa shape index (κ3) is 5.69. The molecule has 2 aromatic rings. The van der Waals surface area contributed by atoms with Crippen molar-refractivity contribution >= 4 is 64.0 Å². The van der Waals surface area contributed by atoms with Crippen molar-refractivity contribution in [3.8, 4) is 0 Å². The van der Waals surface area contributed by atoms with E-state index in [9.17, 15) is 27.6 Å². The van der Waals surface area contributed by atoms with E-state index in [1.165, 1.54) is 6.92 Å². The van der Waals surface area contributed by atoms with Crippen molar-refractivity contribution in [2.45, 2.75) is 13.0 Å². The summed E-state index contributed by atoms with van der Waals surface area (Å²) in [6.07, 6.45) is -1.42. The molecule has 1 aromatic carbocycles. The zero-order valence-electron chi connectivity index (χ0n) is 15.4. The Bertz CT molecular complexity index is 1070. The number of hydrogen-bond acceptors (Lipinski definition) is 6. The van der Waals surface area contributed by atoms with Crippen molar-refractivity contribution < 1.29 is 32.3 Å². The average molecular weight is 500 g/mol. The number of hydrogen-bond donors (Lipinski definition) is 3. The fraction of sp³-hybridized carbons (Fsp3) is 0.176. The molecule has 31 heavy (non-hydrogen) atoms. The lowest BCUT2D eigenvalue weighted by molar-refractivity contribution is -0.130. The summed E-state index contributed by atoms with van der Waals surface area (Å²) >= 11 is 17.4. The second kappa shape index (κ2) is 10.0. The summed E-state index contributed by atoms with van der Waals surface area (Å²) in [5.74, 6) is -7.83. The number of nitrogen functional groups attached to an aromatic ring is 1. The summed E-state index contributed by atoms with van der Waals surface area (Å²) in [5.41, 5.74) is 4.26. The normalized spacial score (nSPS) is 11.6. The van der Waals surface area contributed by atoms with Crippen LogP contribution in [-0.2, 0) is 14.3 Å². The predicted molar refractivity (Wildman–Crippen MR) is 107 cm³/mol. The van der Waals surface area contributed by atoms with Gasteiger partial charge in [-0.05, 0) is 19.1 Å². The first kappa shape index (κ1) is 24.5. The zero-order chi connectivity index (χ0) is 23.5. The van der Waals surface area contributed by atoms with Crippen LogP contribution in [0.1, 0.15) is 17.4 Å². The highest BCUT2D eigenvalue weighted by Gasteiger charge is 2.25. The van der Waals surface area contributed by atoms with E-state index in [4.69, 9.17) is 45.3 Å². The Kier molecular flexibility index (Phi) is 7.93. The molecule has 0 aliphatic carbocycles. The number of amides is 2. The summed E-state index contributed by atoms with van der Waals surface area (Å²) < 4.78 is 44.5. The molecule has 0 radical (unpaired) electrons. The fourth-order valence-corrected chi connectivity index (χ4v) is 2.65. The number of aromatic nitrogens is 1. The second-order valence-corrected chi connectivity index (χ2v) is 6.94. The molecule has 0 fully saturated rings. The van der Waals surface area contributed by atoms with Crippen molar-refractivity contribution in [1.29, 1.82) is 0 Å². The Hall–Kier alpha value is -2.76. The number of esters is 1. The average Bonchev–Trinajstić information content (AvgIpc) is 2.73. The Morgan fingerprint density at radius 2 is 1.77 bits per heavy atom. The van der Waals surface area contributed by atoms with Crippen molar-refractivity contribution in [1.82, 2.24) is 10.3 Å². The molecule has 4 N–H and O–H groups in total. The maximum absolute atomic E-state index is 13.6. The molecule has 166 valence electrons. The van der Waals surface area contributed by atoms with Crippen LogP contribution in [0.3, 0.4) is 0 Å². The van der Waals surface area contributed by atoms with Crippen LogP contribution in [0.5, 0.6) is 0 Å². The van der Waals surface area contributed by atoms with E-state index in [-0.39, 0.29) is 20.9 Å². The third-order valence-corrected chi connectivity index (χ3v) is 4.79. The predicted octanol–water partition coefficient (Wildman–Crippen LogP) is 3.34. The van der Waals surface area contributed by atoms with Gasteiger partial charge in [0.2, 0.25) is 5.91 Å². The molecule has 1 atom stereocenters. The molecule has 8 nitrogen and oxygen atoms in total. The van der Waals surface area contributed by atoms with E-state index < -0.39 is 59.3 Å². The molecule has 0 aliphatic heterocycles. The molecule has 2 amide bonds. The smallest absolute Gasteiger partial charge is 0.359 e. The molecule has 0 spiro atoms. The largest absolute Gasteiger partial charge is 0.448 e. The molecule has 0 saturated heterocycles. The van der Waals surface area contributed by atoms with E-state index in [1.807, 2.05) is 5.32 Å². The number of benzene rings is 1. The van der Waals surface area contributed by atoms with Gasteiger partial charge in [0.05, 0.1) is 22.9 Å². The SMILES string of the molecule is CC(OC(=O)c1nc(Cl)c(Cl)c(N)c1Cl)C(=O)NCC(=O)Nc1ccc(F)c(F)c1F. The molecular formula is C17H12Cl3F3N4O4. The van der Waals surface area contributed by atoms with Crippen LogP contribution in [0, 0.1) is 17.5 Å². The molecular weight excluding hydrogens is 488 g/mol. The number of ether oxygens (including phenoxy) is 1. The number of carbonyl (C=O) groups excluding carboxylic acids is 3. The summed E-state index contributed by atoms with van der Waals surface area (Å²) in [7, 11) is 0. The number of anilines is 2. The Morgan fingerprint density at radius 3 is 2.42 bits per heavy atom. The van der Waals surface area contributed by atoms with Gasteiger partial charge in [0.25, 0.3) is 5.91 Å². The standard InChI is InChI=1S/C17H12Cl3F3N4O4/c1-5(31-17(30)14-9(18)13(24)10(19)15(20)27-14)16(29)25-4-8(28)26-7-3-2-6(21)11(22)12(7)23/h2-3,5H,4H2,1H3,(H2,24,27)(H,25,29)(H,26,28). The van der Waals surface area contributed by atoms with Crippen LogP contribution in [0.25, 0.3) is 0 Å². The van der Waals surface area contributed by atoms with E-state index in [2.05, 4.69) is 10.3 Å². The van der Waals surface area contributed by atoms with Gasteiger partial charge in [0, 0.05) is 0 Å². The van der Waals surface area contributed by atoms with Crippen molar-refractivity contribution in [3.05, 3.63) is 50.5 Å². The topological polar surface area (TPSA) is 123 Å². The third-order valence-electron chi connectivity index (χ3n) is 3.65. The van der Waals surface area contributed by atoms with Gasteiger partial charge in [-0.25, -0.2) is 22.9 Å². The van der Waals surface area contributed by atoms with Gasteiger partial charge in [0.1, 0.15) is 5.02 Å². The van der Waals surface area contributed by atoms with Gasteiger partial charge in [-0.1, -0.05) is 34.8 Å². The van der Waals surface area contributed by atoms with Gasteiger partial charge in [0.15, 0.2) is 34.4 Å². The van der Waals surface area contributed by atoms with Gasteiger partial charge in [-0.3, -0.25) is 9.59 Å². The maximum Gasteiger partial charge on any atom is 0.359 e. The number of halogens is 6. The van der Waals surface area contributed by atoms with Crippen LogP contribution in [0.15, 0.2) is 12.1 Å². The summed E-state index contributed by atoms with van der Waals surface area (Å²) in [4.78, 5) is 39.7. The summed E-state index contributed by atoms with van der Waals surface area (Å²) in [5, 5.41) is 3.25.